The van der Waals surface area contributed by atoms with Gasteiger partial charge < -0.3 is 14.4 Å². The van der Waals surface area contributed by atoms with E-state index in [0.717, 1.165) is 6.07 Å². The summed E-state index contributed by atoms with van der Waals surface area (Å²) in [5.41, 5.74) is -0.693. The summed E-state index contributed by atoms with van der Waals surface area (Å²) in [5, 5.41) is 7.62. The van der Waals surface area contributed by atoms with E-state index in [4.69, 9.17) is 4.52 Å². The van der Waals surface area contributed by atoms with Crippen LogP contribution in [0.25, 0.3) is 17.3 Å². The van der Waals surface area contributed by atoms with Crippen molar-refractivity contribution in [1.82, 2.24) is 20.0 Å². The lowest BCUT2D eigenvalue weighted by Crippen LogP contribution is -2.34. The quantitative estimate of drug-likeness (QED) is 0.262. The van der Waals surface area contributed by atoms with Gasteiger partial charge >= 0.3 is 12.4 Å². The Morgan fingerprint density at radius 1 is 1.07 bits per heavy atom. The molecule has 1 aliphatic rings. The highest BCUT2D eigenvalue weighted by atomic mass is 19.4. The monoisotopic (exact) mass is 580 g/mol. The van der Waals surface area contributed by atoms with Crippen LogP contribution in [-0.2, 0) is 17.1 Å². The maximum Gasteiger partial charge on any atom is 0.417 e. The highest BCUT2D eigenvalue weighted by molar-refractivity contribution is 5.84. The molecule has 3 heterocycles. The van der Waals surface area contributed by atoms with Gasteiger partial charge in [-0.1, -0.05) is 23.4 Å². The number of benzene rings is 2. The van der Waals surface area contributed by atoms with Crippen LogP contribution in [0.15, 0.2) is 65.6 Å². The zero-order valence-electron chi connectivity index (χ0n) is 20.9. The van der Waals surface area contributed by atoms with Gasteiger partial charge in [-0.25, -0.2) is 9.37 Å². The Balaban J connectivity index is 1.54. The number of aromatic nitrogens is 3. The average molecular weight is 580 g/mol. The van der Waals surface area contributed by atoms with Crippen LogP contribution in [0.3, 0.4) is 0 Å². The minimum Gasteiger partial charge on any atom is -0.358 e. The number of nitrogens with zero attached hydrogens (tertiary/aromatic N) is 4. The fraction of sp³-hybridized carbons (Fsp3) is 0.192. The van der Waals surface area contributed by atoms with Gasteiger partial charge in [-0.3, -0.25) is 15.2 Å². The number of halogens is 7. The second-order valence-corrected chi connectivity index (χ2v) is 8.80. The smallest absolute Gasteiger partial charge is 0.358 e. The predicted molar refractivity (Wildman–Crippen MR) is 133 cm³/mol. The van der Waals surface area contributed by atoms with Crippen LogP contribution < -0.4 is 15.8 Å². The molecule has 0 aliphatic carbocycles. The molecule has 0 bridgehead atoms. The third kappa shape index (κ3) is 5.34. The standard InChI is InChI=1S/C26H19F7N6O2/c1-2-34-24(40)22(38-13-35-23-20(38)9-10-39(36-23)19-6-4-3-5-17(19)27)21-12-18(37-41-21)15-8-7-14(25(28,29)30)11-16(15)26(31,32)33/h3-13,22,36H,2H2,1H3,(H,34,40). The maximum absolute atomic E-state index is 14.3. The number of para-hydroxylation sites is 1. The van der Waals surface area contributed by atoms with E-state index in [1.165, 1.54) is 46.4 Å². The van der Waals surface area contributed by atoms with E-state index in [1.807, 2.05) is 0 Å². The van der Waals surface area contributed by atoms with Gasteiger partial charge in [0.1, 0.15) is 11.5 Å². The van der Waals surface area contributed by atoms with E-state index in [-0.39, 0.29) is 29.9 Å². The molecule has 0 saturated heterocycles. The lowest BCUT2D eigenvalue weighted by Gasteiger charge is -2.26. The molecule has 0 saturated carbocycles. The molecule has 8 nitrogen and oxygen atoms in total. The topological polar surface area (TPSA) is 88.2 Å². The number of imidazole rings is 1. The summed E-state index contributed by atoms with van der Waals surface area (Å²) in [6.45, 7) is 1.84. The Labute approximate surface area is 227 Å². The summed E-state index contributed by atoms with van der Waals surface area (Å²) in [5.74, 6) is -1.11. The van der Waals surface area contributed by atoms with Crippen LogP contribution in [0.5, 0.6) is 0 Å². The van der Waals surface area contributed by atoms with Gasteiger partial charge in [-0.05, 0) is 37.3 Å². The molecular weight excluding hydrogens is 561 g/mol. The molecule has 0 fully saturated rings. The zero-order valence-corrected chi connectivity index (χ0v) is 20.9. The minimum atomic E-state index is -5.14. The van der Waals surface area contributed by atoms with Crippen LogP contribution in [-0.4, -0.2) is 27.2 Å². The van der Waals surface area contributed by atoms with E-state index >= 15 is 0 Å². The Morgan fingerprint density at radius 2 is 1.83 bits per heavy atom. The third-order valence-corrected chi connectivity index (χ3v) is 6.16. The summed E-state index contributed by atoms with van der Waals surface area (Å²) in [4.78, 5) is 17.4. The molecule has 1 amide bonds. The van der Waals surface area contributed by atoms with Crippen LogP contribution in [0, 0.1) is 5.82 Å². The number of hydrogen-bond donors (Lipinski definition) is 2. The Bertz CT molecular complexity index is 1620. The lowest BCUT2D eigenvalue weighted by molar-refractivity contribution is -0.142. The number of alkyl halides is 6. The number of fused-ring (bicyclic) bond motifs is 1. The molecule has 15 heteroatoms. The Hall–Kier alpha value is -4.82. The van der Waals surface area contributed by atoms with Crippen LogP contribution in [0.4, 0.5) is 42.2 Å². The van der Waals surface area contributed by atoms with Crippen LogP contribution >= 0.6 is 0 Å². The molecule has 1 atom stereocenters. The van der Waals surface area contributed by atoms with Crippen LogP contribution in [0.1, 0.15) is 35.5 Å². The molecule has 0 spiro atoms. The fourth-order valence-corrected chi connectivity index (χ4v) is 4.30. The van der Waals surface area contributed by atoms with Crippen molar-refractivity contribution in [3.8, 4) is 11.3 Å². The summed E-state index contributed by atoms with van der Waals surface area (Å²) >= 11 is 0. The van der Waals surface area contributed by atoms with Crippen molar-refractivity contribution in [3.05, 3.63) is 89.5 Å². The molecule has 41 heavy (non-hydrogen) atoms. The summed E-state index contributed by atoms with van der Waals surface area (Å²) in [6, 6.07) is 6.84. The normalized spacial score (nSPS) is 14.0. The number of carbonyl (C=O) groups is 1. The van der Waals surface area contributed by atoms with E-state index < -0.39 is 52.5 Å². The second kappa shape index (κ2) is 10.3. The number of carbonyl (C=O) groups excluding carboxylic acids is 1. The summed E-state index contributed by atoms with van der Waals surface area (Å²) < 4.78 is 101. The predicted octanol–water partition coefficient (Wildman–Crippen LogP) is 6.26. The lowest BCUT2D eigenvalue weighted by atomic mass is 10.00. The van der Waals surface area contributed by atoms with Crippen molar-refractivity contribution < 1.29 is 40.1 Å². The van der Waals surface area contributed by atoms with Crippen molar-refractivity contribution in [3.63, 3.8) is 0 Å². The van der Waals surface area contributed by atoms with E-state index in [9.17, 15) is 35.5 Å². The number of amides is 1. The van der Waals surface area contributed by atoms with Gasteiger partial charge in [0.25, 0.3) is 5.91 Å². The first kappa shape index (κ1) is 27.7. The molecule has 214 valence electrons. The first-order valence-electron chi connectivity index (χ1n) is 12.0. The van der Waals surface area contributed by atoms with Crippen molar-refractivity contribution in [1.29, 1.82) is 0 Å². The van der Waals surface area contributed by atoms with Crippen molar-refractivity contribution in [2.45, 2.75) is 25.3 Å². The Morgan fingerprint density at radius 3 is 2.51 bits per heavy atom. The molecule has 2 N–H and O–H groups in total. The number of nitrogens with one attached hydrogen (secondary N) is 2. The Kier molecular flexibility index (Phi) is 6.97. The number of hydrogen-bond acceptors (Lipinski definition) is 6. The molecule has 1 unspecified atom stereocenters. The fourth-order valence-electron chi connectivity index (χ4n) is 4.30. The van der Waals surface area contributed by atoms with Gasteiger partial charge in [0, 0.05) is 24.4 Å². The number of rotatable bonds is 6. The summed E-state index contributed by atoms with van der Waals surface area (Å²) in [6.07, 6.45) is -5.85. The first-order valence-corrected chi connectivity index (χ1v) is 12.0. The van der Waals surface area contributed by atoms with Gasteiger partial charge in [0.2, 0.25) is 0 Å². The molecule has 2 aromatic heterocycles. The SMILES string of the molecule is CCNC(=O)C(c1cc(-c2ccc(C(F)(F)F)cc2C(F)(F)F)no1)n1cnc2c1C=CN(c1ccccc1F)N2. The first-order chi connectivity index (χ1) is 19.4. The molecule has 2 aromatic carbocycles. The number of hydrazine groups is 1. The molecule has 5 rings (SSSR count). The third-order valence-electron chi connectivity index (χ3n) is 6.16. The van der Waals surface area contributed by atoms with E-state index in [0.29, 0.717) is 17.8 Å². The van der Waals surface area contributed by atoms with Crippen LogP contribution in [0.2, 0.25) is 0 Å². The van der Waals surface area contributed by atoms with Gasteiger partial charge in [-0.15, -0.1) is 0 Å². The van der Waals surface area contributed by atoms with Gasteiger partial charge in [0.05, 0.1) is 28.8 Å². The minimum absolute atomic E-state index is 0.00497. The van der Waals surface area contributed by atoms with Gasteiger partial charge in [0.15, 0.2) is 17.6 Å². The van der Waals surface area contributed by atoms with E-state index in [1.54, 1.807) is 13.0 Å². The van der Waals surface area contributed by atoms with Crippen molar-refractivity contribution in [2.75, 3.05) is 17.0 Å². The largest absolute Gasteiger partial charge is 0.417 e. The van der Waals surface area contributed by atoms with Crippen molar-refractivity contribution in [2.24, 2.45) is 0 Å². The number of likely N-dealkylation sites (N-methyl/N-ethyl adjacent to an activating group) is 1. The molecule has 1 aliphatic heterocycles. The highest BCUT2D eigenvalue weighted by Crippen LogP contribution is 2.41. The zero-order chi connectivity index (χ0) is 29.5. The molecule has 0 radical (unpaired) electrons. The van der Waals surface area contributed by atoms with Gasteiger partial charge in [-0.2, -0.15) is 26.3 Å². The number of anilines is 2. The maximum atomic E-state index is 14.3. The average Bonchev–Trinajstić information content (AvgIpc) is 3.56. The molecular formula is C26H19F7N6O2. The molecule has 4 aromatic rings. The summed E-state index contributed by atoms with van der Waals surface area (Å²) in [7, 11) is 0. The highest BCUT2D eigenvalue weighted by Gasteiger charge is 2.39. The van der Waals surface area contributed by atoms with E-state index in [2.05, 4.69) is 20.9 Å². The second-order valence-electron chi connectivity index (χ2n) is 8.80. The van der Waals surface area contributed by atoms with Crippen molar-refractivity contribution >= 4 is 23.5 Å².